The second kappa shape index (κ2) is 8.25. The lowest BCUT2D eigenvalue weighted by Gasteiger charge is -2.28. The summed E-state index contributed by atoms with van der Waals surface area (Å²) in [5.74, 6) is 0. The van der Waals surface area contributed by atoms with Crippen LogP contribution in [0, 0.1) is 0 Å². The van der Waals surface area contributed by atoms with Gasteiger partial charge in [0, 0.05) is 38.5 Å². The number of benzene rings is 1. The zero-order chi connectivity index (χ0) is 14.2. The molecule has 1 aliphatic heterocycles. The summed E-state index contributed by atoms with van der Waals surface area (Å²) >= 11 is 0. The zero-order valence-corrected chi connectivity index (χ0v) is 12.6. The van der Waals surface area contributed by atoms with Crippen LogP contribution in [-0.2, 0) is 16.0 Å². The molecule has 0 amide bonds. The molecule has 4 nitrogen and oxygen atoms in total. The quantitative estimate of drug-likeness (QED) is 0.827. The van der Waals surface area contributed by atoms with Gasteiger partial charge in [0.2, 0.25) is 0 Å². The van der Waals surface area contributed by atoms with Crippen molar-refractivity contribution in [1.82, 2.24) is 5.32 Å². The number of hydrogen-bond acceptors (Lipinski definition) is 4. The van der Waals surface area contributed by atoms with E-state index in [1.807, 2.05) is 6.92 Å². The highest BCUT2D eigenvalue weighted by Crippen LogP contribution is 2.16. The molecule has 0 spiro atoms. The van der Waals surface area contributed by atoms with E-state index in [1.165, 1.54) is 11.3 Å². The number of nitrogens with one attached hydrogen (secondary N) is 1. The number of hydrogen-bond donors (Lipinski definition) is 1. The molecule has 1 atom stereocenters. The van der Waals surface area contributed by atoms with Gasteiger partial charge in [0.05, 0.1) is 19.3 Å². The Morgan fingerprint density at radius 3 is 2.60 bits per heavy atom. The molecule has 0 radical (unpaired) electrons. The first-order valence-corrected chi connectivity index (χ1v) is 7.53. The standard InChI is InChI=1S/C16H26N2O2/c1-3-20-14(2)12-17-13-15-4-6-16(7-5-15)18-8-10-19-11-9-18/h4-7,14,17H,3,8-13H2,1-2H3. The van der Waals surface area contributed by atoms with E-state index in [1.54, 1.807) is 0 Å². The van der Waals surface area contributed by atoms with E-state index >= 15 is 0 Å². The van der Waals surface area contributed by atoms with E-state index in [4.69, 9.17) is 9.47 Å². The third-order valence-electron chi connectivity index (χ3n) is 3.52. The molecule has 0 aromatic heterocycles. The van der Waals surface area contributed by atoms with Crippen LogP contribution in [0.2, 0.25) is 0 Å². The van der Waals surface area contributed by atoms with Crippen molar-refractivity contribution < 1.29 is 9.47 Å². The van der Waals surface area contributed by atoms with Crippen LogP contribution >= 0.6 is 0 Å². The molecule has 0 bridgehead atoms. The summed E-state index contributed by atoms with van der Waals surface area (Å²) in [5.41, 5.74) is 2.60. The van der Waals surface area contributed by atoms with Gasteiger partial charge >= 0.3 is 0 Å². The molecule has 1 aromatic rings. The van der Waals surface area contributed by atoms with Crippen molar-refractivity contribution in [2.24, 2.45) is 0 Å². The van der Waals surface area contributed by atoms with Gasteiger partial charge in [-0.1, -0.05) is 12.1 Å². The maximum absolute atomic E-state index is 5.50. The molecule has 1 fully saturated rings. The largest absolute Gasteiger partial charge is 0.378 e. The van der Waals surface area contributed by atoms with Gasteiger partial charge < -0.3 is 19.7 Å². The summed E-state index contributed by atoms with van der Waals surface area (Å²) in [6.07, 6.45) is 0.271. The van der Waals surface area contributed by atoms with E-state index in [2.05, 4.69) is 41.4 Å². The average molecular weight is 278 g/mol. The van der Waals surface area contributed by atoms with E-state index in [9.17, 15) is 0 Å². The first-order valence-electron chi connectivity index (χ1n) is 7.53. The van der Waals surface area contributed by atoms with Crippen LogP contribution in [0.4, 0.5) is 5.69 Å². The van der Waals surface area contributed by atoms with Crippen molar-refractivity contribution in [3.05, 3.63) is 29.8 Å². The SMILES string of the molecule is CCOC(C)CNCc1ccc(N2CCOCC2)cc1. The summed E-state index contributed by atoms with van der Waals surface area (Å²) < 4.78 is 10.9. The summed E-state index contributed by atoms with van der Waals surface area (Å²) in [5, 5.41) is 3.43. The Labute approximate surface area is 122 Å². The zero-order valence-electron chi connectivity index (χ0n) is 12.6. The molecule has 1 aromatic carbocycles. The fourth-order valence-corrected chi connectivity index (χ4v) is 2.41. The van der Waals surface area contributed by atoms with Gasteiger partial charge in [0.1, 0.15) is 0 Å². The lowest BCUT2D eigenvalue weighted by atomic mass is 10.2. The Hall–Kier alpha value is -1.10. The lowest BCUT2D eigenvalue weighted by molar-refractivity contribution is 0.0759. The van der Waals surface area contributed by atoms with Crippen molar-refractivity contribution in [1.29, 1.82) is 0 Å². The van der Waals surface area contributed by atoms with E-state index in [0.29, 0.717) is 0 Å². The van der Waals surface area contributed by atoms with Crippen molar-refractivity contribution in [3.8, 4) is 0 Å². The molecule has 4 heteroatoms. The first kappa shape index (κ1) is 15.3. The highest BCUT2D eigenvalue weighted by molar-refractivity contribution is 5.47. The van der Waals surface area contributed by atoms with Gasteiger partial charge in [-0.2, -0.15) is 0 Å². The summed E-state index contributed by atoms with van der Waals surface area (Å²) in [4.78, 5) is 2.37. The maximum Gasteiger partial charge on any atom is 0.0671 e. The Morgan fingerprint density at radius 1 is 1.25 bits per heavy atom. The minimum Gasteiger partial charge on any atom is -0.378 e. The van der Waals surface area contributed by atoms with Gasteiger partial charge in [-0.3, -0.25) is 0 Å². The molecule has 0 saturated carbocycles. The van der Waals surface area contributed by atoms with Crippen LogP contribution < -0.4 is 10.2 Å². The van der Waals surface area contributed by atoms with Crippen molar-refractivity contribution in [2.45, 2.75) is 26.5 Å². The minimum atomic E-state index is 0.271. The molecule has 1 aliphatic rings. The van der Waals surface area contributed by atoms with Crippen LogP contribution in [0.3, 0.4) is 0 Å². The molecule has 2 rings (SSSR count). The molecular weight excluding hydrogens is 252 g/mol. The molecule has 1 saturated heterocycles. The highest BCUT2D eigenvalue weighted by Gasteiger charge is 2.10. The van der Waals surface area contributed by atoms with Crippen LogP contribution in [0.1, 0.15) is 19.4 Å². The smallest absolute Gasteiger partial charge is 0.0671 e. The molecule has 1 heterocycles. The minimum absolute atomic E-state index is 0.271. The number of rotatable bonds is 7. The predicted octanol–water partition coefficient (Wildman–Crippen LogP) is 2.04. The highest BCUT2D eigenvalue weighted by atomic mass is 16.5. The monoisotopic (exact) mass is 278 g/mol. The lowest BCUT2D eigenvalue weighted by Crippen LogP contribution is -2.36. The van der Waals surface area contributed by atoms with E-state index in [0.717, 1.165) is 46.0 Å². The van der Waals surface area contributed by atoms with Crippen molar-refractivity contribution in [2.75, 3.05) is 44.4 Å². The molecule has 1 N–H and O–H groups in total. The molecule has 0 aliphatic carbocycles. The predicted molar refractivity (Wildman–Crippen MR) is 82.3 cm³/mol. The van der Waals surface area contributed by atoms with Crippen LogP contribution in [0.25, 0.3) is 0 Å². The van der Waals surface area contributed by atoms with E-state index < -0.39 is 0 Å². The Morgan fingerprint density at radius 2 is 1.95 bits per heavy atom. The van der Waals surface area contributed by atoms with Gasteiger partial charge in [0.15, 0.2) is 0 Å². The van der Waals surface area contributed by atoms with Crippen molar-refractivity contribution >= 4 is 5.69 Å². The summed E-state index contributed by atoms with van der Waals surface area (Å²) in [6, 6.07) is 8.80. The van der Waals surface area contributed by atoms with Gasteiger partial charge in [-0.25, -0.2) is 0 Å². The van der Waals surface area contributed by atoms with Crippen molar-refractivity contribution in [3.63, 3.8) is 0 Å². The van der Waals surface area contributed by atoms with E-state index in [-0.39, 0.29) is 6.10 Å². The molecule has 1 unspecified atom stereocenters. The number of anilines is 1. The average Bonchev–Trinajstić information content (AvgIpc) is 2.49. The summed E-state index contributed by atoms with van der Waals surface area (Å²) in [7, 11) is 0. The summed E-state index contributed by atoms with van der Waals surface area (Å²) in [6.45, 7) is 10.3. The first-order chi connectivity index (χ1) is 9.79. The Balaban J connectivity index is 1.76. The van der Waals surface area contributed by atoms with Gasteiger partial charge in [-0.15, -0.1) is 0 Å². The van der Waals surface area contributed by atoms with Gasteiger partial charge in [0.25, 0.3) is 0 Å². The molecule has 20 heavy (non-hydrogen) atoms. The fourth-order valence-electron chi connectivity index (χ4n) is 2.41. The molecular formula is C16H26N2O2. The second-order valence-corrected chi connectivity index (χ2v) is 5.16. The third-order valence-corrected chi connectivity index (χ3v) is 3.52. The Kier molecular flexibility index (Phi) is 6.30. The van der Waals surface area contributed by atoms with Crippen LogP contribution in [-0.4, -0.2) is 45.6 Å². The third kappa shape index (κ3) is 4.78. The number of ether oxygens (including phenoxy) is 2. The van der Waals surface area contributed by atoms with Gasteiger partial charge in [-0.05, 0) is 31.5 Å². The second-order valence-electron chi connectivity index (χ2n) is 5.16. The number of nitrogens with zero attached hydrogens (tertiary/aromatic N) is 1. The van der Waals surface area contributed by atoms with Crippen LogP contribution in [0.15, 0.2) is 24.3 Å². The fraction of sp³-hybridized carbons (Fsp3) is 0.625. The topological polar surface area (TPSA) is 33.7 Å². The maximum atomic E-state index is 5.50. The van der Waals surface area contributed by atoms with Crippen LogP contribution in [0.5, 0.6) is 0 Å². The normalized spacial score (nSPS) is 17.2. The Bertz CT molecular complexity index is 375. The molecule has 112 valence electrons. The number of morpholine rings is 1.